The summed E-state index contributed by atoms with van der Waals surface area (Å²) in [5.74, 6) is -0.309. The highest BCUT2D eigenvalue weighted by molar-refractivity contribution is 8.00. The number of fused-ring (bicyclic) bond motifs is 1. The number of benzene rings is 1. The molecular weight excluding hydrogens is 468 g/mol. The average molecular weight is 503 g/mol. The molecule has 1 aliphatic rings. The third-order valence-electron chi connectivity index (χ3n) is 5.65. The summed E-state index contributed by atoms with van der Waals surface area (Å²) in [6.07, 6.45) is 8.63. The van der Waals surface area contributed by atoms with Crippen LogP contribution in [-0.4, -0.2) is 30.1 Å². The van der Waals surface area contributed by atoms with Crippen LogP contribution >= 0.6 is 23.1 Å². The second-order valence-electron chi connectivity index (χ2n) is 8.36. The standard InChI is InChI=1S/C26H34N2O4S2/c1-3-5-15-22(29)27-18-11-10-12-19(16-18)33-17-23(30)28-25-24(26(31)32-4-2)20-13-8-6-7-9-14-21(20)34-25/h10-12,16H,3-9,13-15,17H2,1-2H3,(H,27,29)(H,28,30). The van der Waals surface area contributed by atoms with Gasteiger partial charge in [-0.15, -0.1) is 23.1 Å². The smallest absolute Gasteiger partial charge is 0.341 e. The van der Waals surface area contributed by atoms with Gasteiger partial charge in [-0.1, -0.05) is 32.3 Å². The van der Waals surface area contributed by atoms with Gasteiger partial charge in [-0.2, -0.15) is 0 Å². The second kappa shape index (κ2) is 13.5. The summed E-state index contributed by atoms with van der Waals surface area (Å²) in [7, 11) is 0. The second-order valence-corrected chi connectivity index (χ2v) is 10.5. The van der Waals surface area contributed by atoms with Gasteiger partial charge in [-0.3, -0.25) is 9.59 Å². The van der Waals surface area contributed by atoms with Crippen LogP contribution in [0.25, 0.3) is 0 Å². The summed E-state index contributed by atoms with van der Waals surface area (Å²) in [5, 5.41) is 6.49. The first-order valence-corrected chi connectivity index (χ1v) is 14.0. The van der Waals surface area contributed by atoms with Crippen molar-refractivity contribution in [3.63, 3.8) is 0 Å². The van der Waals surface area contributed by atoms with Crippen molar-refractivity contribution < 1.29 is 19.1 Å². The largest absolute Gasteiger partial charge is 0.462 e. The fourth-order valence-corrected chi connectivity index (χ4v) is 6.01. The number of rotatable bonds is 10. The molecule has 2 N–H and O–H groups in total. The van der Waals surface area contributed by atoms with E-state index in [4.69, 9.17) is 4.74 Å². The van der Waals surface area contributed by atoms with Crippen LogP contribution < -0.4 is 10.6 Å². The van der Waals surface area contributed by atoms with Gasteiger partial charge >= 0.3 is 5.97 Å². The zero-order chi connectivity index (χ0) is 24.3. The van der Waals surface area contributed by atoms with E-state index in [2.05, 4.69) is 17.6 Å². The molecule has 1 aliphatic carbocycles. The molecule has 1 aromatic heterocycles. The molecule has 2 aromatic rings. The summed E-state index contributed by atoms with van der Waals surface area (Å²) in [5.41, 5.74) is 2.32. The zero-order valence-electron chi connectivity index (χ0n) is 20.0. The summed E-state index contributed by atoms with van der Waals surface area (Å²) >= 11 is 2.91. The molecule has 0 radical (unpaired) electrons. The molecule has 0 atom stereocenters. The van der Waals surface area contributed by atoms with E-state index in [-0.39, 0.29) is 23.5 Å². The Kier molecular flexibility index (Phi) is 10.5. The molecule has 6 nitrogen and oxygen atoms in total. The Morgan fingerprint density at radius 2 is 1.82 bits per heavy atom. The number of hydrogen-bond donors (Lipinski definition) is 2. The summed E-state index contributed by atoms with van der Waals surface area (Å²) < 4.78 is 5.32. The fraction of sp³-hybridized carbons (Fsp3) is 0.500. The molecule has 1 aromatic carbocycles. The lowest BCUT2D eigenvalue weighted by molar-refractivity contribution is -0.116. The van der Waals surface area contributed by atoms with Crippen LogP contribution in [-0.2, 0) is 27.2 Å². The van der Waals surface area contributed by atoms with Crippen molar-refractivity contribution in [2.24, 2.45) is 0 Å². The van der Waals surface area contributed by atoms with Crippen molar-refractivity contribution in [2.75, 3.05) is 23.0 Å². The minimum absolute atomic E-state index is 0.00139. The highest BCUT2D eigenvalue weighted by Gasteiger charge is 2.26. The van der Waals surface area contributed by atoms with Crippen molar-refractivity contribution in [1.82, 2.24) is 0 Å². The number of hydrogen-bond acceptors (Lipinski definition) is 6. The number of thiophene rings is 1. The van der Waals surface area contributed by atoms with Gasteiger partial charge in [-0.05, 0) is 62.8 Å². The number of amides is 2. The van der Waals surface area contributed by atoms with E-state index >= 15 is 0 Å². The minimum Gasteiger partial charge on any atom is -0.462 e. The molecule has 0 saturated carbocycles. The number of thioether (sulfide) groups is 1. The van der Waals surface area contributed by atoms with Crippen LogP contribution in [0, 0.1) is 0 Å². The SMILES string of the molecule is CCCCC(=O)Nc1cccc(SCC(=O)Nc2sc3c(c2C(=O)OCC)CCCCCC3)c1. The zero-order valence-corrected chi connectivity index (χ0v) is 21.7. The monoisotopic (exact) mass is 502 g/mol. The lowest BCUT2D eigenvalue weighted by atomic mass is 9.96. The van der Waals surface area contributed by atoms with E-state index in [0.717, 1.165) is 61.1 Å². The Balaban J connectivity index is 1.66. The van der Waals surface area contributed by atoms with E-state index in [1.165, 1.54) is 34.4 Å². The number of unbranched alkanes of at least 4 members (excludes halogenated alkanes) is 1. The van der Waals surface area contributed by atoms with Crippen molar-refractivity contribution in [1.29, 1.82) is 0 Å². The van der Waals surface area contributed by atoms with Crippen molar-refractivity contribution >= 4 is 51.6 Å². The Labute approximate surface area is 210 Å². The molecule has 184 valence electrons. The Bertz CT molecular complexity index is 1000. The number of esters is 1. The highest BCUT2D eigenvalue weighted by atomic mass is 32.2. The molecule has 34 heavy (non-hydrogen) atoms. The third-order valence-corrected chi connectivity index (χ3v) is 7.85. The van der Waals surface area contributed by atoms with E-state index in [1.54, 1.807) is 6.92 Å². The maximum atomic E-state index is 12.8. The molecule has 0 aliphatic heterocycles. The van der Waals surface area contributed by atoms with Crippen LogP contribution in [0.3, 0.4) is 0 Å². The van der Waals surface area contributed by atoms with Gasteiger partial charge in [0.1, 0.15) is 5.00 Å². The number of aryl methyl sites for hydroxylation is 1. The average Bonchev–Trinajstić information content (AvgIpc) is 3.12. The lowest BCUT2D eigenvalue weighted by Crippen LogP contribution is -2.17. The molecule has 8 heteroatoms. The Morgan fingerprint density at radius 3 is 2.59 bits per heavy atom. The predicted molar refractivity (Wildman–Crippen MR) is 140 cm³/mol. The minimum atomic E-state index is -0.352. The number of carbonyl (C=O) groups is 3. The van der Waals surface area contributed by atoms with E-state index in [9.17, 15) is 14.4 Å². The molecule has 3 rings (SSSR count). The van der Waals surface area contributed by atoms with E-state index in [1.807, 2.05) is 24.3 Å². The molecule has 0 bridgehead atoms. The topological polar surface area (TPSA) is 84.5 Å². The molecule has 0 spiro atoms. The molecule has 0 fully saturated rings. The summed E-state index contributed by atoms with van der Waals surface area (Å²) in [6, 6.07) is 7.51. The maximum absolute atomic E-state index is 12.8. The van der Waals surface area contributed by atoms with Crippen LogP contribution in [0.1, 0.15) is 79.6 Å². The van der Waals surface area contributed by atoms with Gasteiger partial charge in [-0.25, -0.2) is 4.79 Å². The summed E-state index contributed by atoms with van der Waals surface area (Å²) in [4.78, 5) is 39.6. The first kappa shape index (κ1) is 26.3. The van der Waals surface area contributed by atoms with Crippen LogP contribution in [0.15, 0.2) is 29.2 Å². The Hall–Kier alpha value is -2.32. The van der Waals surface area contributed by atoms with Crippen LogP contribution in [0.4, 0.5) is 10.7 Å². The third kappa shape index (κ3) is 7.60. The Morgan fingerprint density at radius 1 is 1.03 bits per heavy atom. The number of anilines is 2. The number of ether oxygens (including phenoxy) is 1. The molecule has 1 heterocycles. The first-order chi connectivity index (χ1) is 16.5. The van der Waals surface area contributed by atoms with Crippen molar-refractivity contribution in [2.45, 2.75) is 76.5 Å². The summed E-state index contributed by atoms with van der Waals surface area (Å²) in [6.45, 7) is 4.15. The lowest BCUT2D eigenvalue weighted by Gasteiger charge is -2.11. The van der Waals surface area contributed by atoms with Gasteiger partial charge in [0, 0.05) is 21.9 Å². The van der Waals surface area contributed by atoms with Crippen molar-refractivity contribution in [3.05, 3.63) is 40.3 Å². The van der Waals surface area contributed by atoms with Crippen LogP contribution in [0.5, 0.6) is 0 Å². The first-order valence-electron chi connectivity index (χ1n) is 12.2. The fourth-order valence-electron chi connectivity index (χ4n) is 3.96. The maximum Gasteiger partial charge on any atom is 0.341 e. The quantitative estimate of drug-likeness (QED) is 0.288. The van der Waals surface area contributed by atoms with E-state index < -0.39 is 0 Å². The highest BCUT2D eigenvalue weighted by Crippen LogP contribution is 2.37. The molecular formula is C26H34N2O4S2. The predicted octanol–water partition coefficient (Wildman–Crippen LogP) is 6.44. The van der Waals surface area contributed by atoms with Gasteiger partial charge in [0.05, 0.1) is 17.9 Å². The van der Waals surface area contributed by atoms with Gasteiger partial charge in [0.2, 0.25) is 11.8 Å². The normalized spacial score (nSPS) is 13.4. The molecule has 0 saturated heterocycles. The van der Waals surface area contributed by atoms with Crippen molar-refractivity contribution in [3.8, 4) is 0 Å². The van der Waals surface area contributed by atoms with Gasteiger partial charge in [0.25, 0.3) is 0 Å². The number of carbonyl (C=O) groups excluding carboxylic acids is 3. The van der Waals surface area contributed by atoms with Gasteiger partial charge < -0.3 is 15.4 Å². The van der Waals surface area contributed by atoms with E-state index in [0.29, 0.717) is 23.6 Å². The molecule has 0 unspecified atom stereocenters. The van der Waals surface area contributed by atoms with Gasteiger partial charge in [0.15, 0.2) is 0 Å². The van der Waals surface area contributed by atoms with Crippen LogP contribution in [0.2, 0.25) is 0 Å². The number of nitrogens with one attached hydrogen (secondary N) is 2. The molecule has 2 amide bonds.